The average molecular weight is 237 g/mol. The molecular weight excluding hydrogens is 214 g/mol. The Bertz CT molecular complexity index is 359. The normalized spacial score (nSPS) is 14.4. The molecule has 0 radical (unpaired) electrons. The molecular formula is C14H23NO2. The summed E-state index contributed by atoms with van der Waals surface area (Å²) < 4.78 is 5.33. The Morgan fingerprint density at radius 3 is 2.53 bits per heavy atom. The molecule has 1 aromatic carbocycles. The lowest BCUT2D eigenvalue weighted by Crippen LogP contribution is -2.39. The molecule has 3 nitrogen and oxygen atoms in total. The maximum Gasteiger partial charge on any atom is 0.122 e. The smallest absolute Gasteiger partial charge is 0.122 e. The van der Waals surface area contributed by atoms with Crippen LogP contribution in [0.4, 0.5) is 0 Å². The third kappa shape index (κ3) is 3.45. The van der Waals surface area contributed by atoms with E-state index in [1.165, 1.54) is 5.56 Å². The first-order chi connectivity index (χ1) is 8.08. The van der Waals surface area contributed by atoms with Crippen molar-refractivity contribution in [2.24, 2.45) is 5.73 Å². The fourth-order valence-electron chi connectivity index (χ4n) is 1.89. The van der Waals surface area contributed by atoms with E-state index in [1.807, 2.05) is 13.0 Å². The van der Waals surface area contributed by atoms with Crippen LogP contribution in [-0.4, -0.2) is 24.4 Å². The van der Waals surface area contributed by atoms with Crippen molar-refractivity contribution in [1.82, 2.24) is 0 Å². The van der Waals surface area contributed by atoms with Gasteiger partial charge in [-0.15, -0.1) is 0 Å². The molecule has 1 aromatic rings. The molecule has 0 aliphatic rings. The first kappa shape index (κ1) is 14.0. The topological polar surface area (TPSA) is 55.5 Å². The minimum Gasteiger partial charge on any atom is -0.496 e. The van der Waals surface area contributed by atoms with Gasteiger partial charge in [0.1, 0.15) is 5.75 Å². The van der Waals surface area contributed by atoms with Gasteiger partial charge in [-0.2, -0.15) is 0 Å². The second-order valence-electron chi connectivity index (χ2n) is 4.46. The lowest BCUT2D eigenvalue weighted by Gasteiger charge is -2.26. The molecule has 0 spiro atoms. The summed E-state index contributed by atoms with van der Waals surface area (Å²) in [7, 11) is 1.65. The van der Waals surface area contributed by atoms with Crippen molar-refractivity contribution >= 4 is 0 Å². The number of benzene rings is 1. The van der Waals surface area contributed by atoms with Gasteiger partial charge in [0.05, 0.1) is 12.7 Å². The van der Waals surface area contributed by atoms with E-state index >= 15 is 0 Å². The van der Waals surface area contributed by atoms with Crippen LogP contribution in [-0.2, 0) is 12.8 Å². The SMILES string of the molecule is CCc1ccc(OC)c(CC(O)(CC)CN)c1. The second-order valence-corrected chi connectivity index (χ2v) is 4.46. The largest absolute Gasteiger partial charge is 0.496 e. The molecule has 0 saturated heterocycles. The minimum atomic E-state index is -0.834. The van der Waals surface area contributed by atoms with E-state index in [2.05, 4.69) is 19.1 Å². The average Bonchev–Trinajstić information content (AvgIpc) is 2.38. The highest BCUT2D eigenvalue weighted by molar-refractivity contribution is 5.38. The molecule has 0 fully saturated rings. The van der Waals surface area contributed by atoms with Crippen molar-refractivity contribution in [2.75, 3.05) is 13.7 Å². The zero-order valence-electron chi connectivity index (χ0n) is 11.0. The fourth-order valence-corrected chi connectivity index (χ4v) is 1.89. The highest BCUT2D eigenvalue weighted by atomic mass is 16.5. The molecule has 0 aliphatic carbocycles. The molecule has 0 aliphatic heterocycles. The van der Waals surface area contributed by atoms with Crippen molar-refractivity contribution < 1.29 is 9.84 Å². The minimum absolute atomic E-state index is 0.267. The molecule has 0 aromatic heterocycles. The third-order valence-corrected chi connectivity index (χ3v) is 3.31. The molecule has 3 heteroatoms. The number of aliphatic hydroxyl groups is 1. The van der Waals surface area contributed by atoms with Crippen LogP contribution in [0, 0.1) is 0 Å². The molecule has 0 saturated carbocycles. The van der Waals surface area contributed by atoms with E-state index in [1.54, 1.807) is 7.11 Å². The summed E-state index contributed by atoms with van der Waals surface area (Å²) in [4.78, 5) is 0. The van der Waals surface area contributed by atoms with Crippen LogP contribution >= 0.6 is 0 Å². The molecule has 0 amide bonds. The van der Waals surface area contributed by atoms with Crippen LogP contribution in [0.15, 0.2) is 18.2 Å². The Kier molecular flexibility index (Phi) is 4.97. The zero-order valence-corrected chi connectivity index (χ0v) is 11.0. The van der Waals surface area contributed by atoms with Gasteiger partial charge in [-0.05, 0) is 30.0 Å². The van der Waals surface area contributed by atoms with Gasteiger partial charge in [-0.3, -0.25) is 0 Å². The number of rotatable bonds is 6. The highest BCUT2D eigenvalue weighted by Crippen LogP contribution is 2.26. The fraction of sp³-hybridized carbons (Fsp3) is 0.571. The maximum atomic E-state index is 10.3. The molecule has 17 heavy (non-hydrogen) atoms. The molecule has 3 N–H and O–H groups in total. The van der Waals surface area contributed by atoms with Crippen LogP contribution in [0.1, 0.15) is 31.4 Å². The summed E-state index contributed by atoms with van der Waals surface area (Å²) in [5, 5.41) is 10.3. The summed E-state index contributed by atoms with van der Waals surface area (Å²) in [6, 6.07) is 6.10. The van der Waals surface area contributed by atoms with E-state index in [9.17, 15) is 5.11 Å². The van der Waals surface area contributed by atoms with Crippen LogP contribution in [0.5, 0.6) is 5.75 Å². The van der Waals surface area contributed by atoms with Crippen LogP contribution < -0.4 is 10.5 Å². The summed E-state index contributed by atoms with van der Waals surface area (Å²) in [5.41, 5.74) is 7.08. The molecule has 0 heterocycles. The second kappa shape index (κ2) is 6.03. The lowest BCUT2D eigenvalue weighted by molar-refractivity contribution is 0.0450. The Balaban J connectivity index is 3.02. The summed E-state index contributed by atoms with van der Waals surface area (Å²) in [6.45, 7) is 4.33. The monoisotopic (exact) mass is 237 g/mol. The van der Waals surface area contributed by atoms with E-state index in [0.717, 1.165) is 17.7 Å². The highest BCUT2D eigenvalue weighted by Gasteiger charge is 2.24. The first-order valence-electron chi connectivity index (χ1n) is 6.16. The number of hydrogen-bond donors (Lipinski definition) is 2. The molecule has 1 atom stereocenters. The van der Waals surface area contributed by atoms with Gasteiger partial charge in [-0.1, -0.05) is 26.0 Å². The van der Waals surface area contributed by atoms with Gasteiger partial charge < -0.3 is 15.6 Å². The number of hydrogen-bond acceptors (Lipinski definition) is 3. The van der Waals surface area contributed by atoms with Gasteiger partial charge in [0.2, 0.25) is 0 Å². The molecule has 1 rings (SSSR count). The summed E-state index contributed by atoms with van der Waals surface area (Å²) in [5.74, 6) is 0.822. The van der Waals surface area contributed by atoms with Crippen molar-refractivity contribution in [2.45, 2.75) is 38.7 Å². The Hall–Kier alpha value is -1.06. The van der Waals surface area contributed by atoms with Gasteiger partial charge in [-0.25, -0.2) is 0 Å². The maximum absolute atomic E-state index is 10.3. The number of ether oxygens (including phenoxy) is 1. The third-order valence-electron chi connectivity index (χ3n) is 3.31. The van der Waals surface area contributed by atoms with E-state index in [4.69, 9.17) is 10.5 Å². The van der Waals surface area contributed by atoms with E-state index in [0.29, 0.717) is 12.8 Å². The number of aryl methyl sites for hydroxylation is 1. The van der Waals surface area contributed by atoms with Crippen LogP contribution in [0.3, 0.4) is 0 Å². The van der Waals surface area contributed by atoms with E-state index in [-0.39, 0.29) is 6.54 Å². The first-order valence-corrected chi connectivity index (χ1v) is 6.16. The van der Waals surface area contributed by atoms with Crippen molar-refractivity contribution in [3.05, 3.63) is 29.3 Å². The predicted molar refractivity (Wildman–Crippen MR) is 70.4 cm³/mol. The molecule has 96 valence electrons. The number of methoxy groups -OCH3 is 1. The summed E-state index contributed by atoms with van der Waals surface area (Å²) >= 11 is 0. The van der Waals surface area contributed by atoms with Crippen LogP contribution in [0.25, 0.3) is 0 Å². The summed E-state index contributed by atoms with van der Waals surface area (Å²) in [6.07, 6.45) is 2.16. The van der Waals surface area contributed by atoms with Crippen molar-refractivity contribution in [1.29, 1.82) is 0 Å². The number of nitrogens with two attached hydrogens (primary N) is 1. The predicted octanol–water partition coefficient (Wildman–Crippen LogP) is 1.90. The zero-order chi connectivity index (χ0) is 12.9. The van der Waals surface area contributed by atoms with E-state index < -0.39 is 5.60 Å². The quantitative estimate of drug-likeness (QED) is 0.794. The van der Waals surface area contributed by atoms with Gasteiger partial charge in [0.25, 0.3) is 0 Å². The van der Waals surface area contributed by atoms with Gasteiger partial charge >= 0.3 is 0 Å². The molecule has 1 unspecified atom stereocenters. The van der Waals surface area contributed by atoms with Crippen LogP contribution in [0.2, 0.25) is 0 Å². The Labute approximate surface area is 104 Å². The van der Waals surface area contributed by atoms with Gasteiger partial charge in [0, 0.05) is 13.0 Å². The Morgan fingerprint density at radius 2 is 2.06 bits per heavy atom. The van der Waals surface area contributed by atoms with Crippen molar-refractivity contribution in [3.63, 3.8) is 0 Å². The standard InChI is InChI=1S/C14H23NO2/c1-4-11-6-7-13(17-3)12(8-11)9-14(16,5-2)10-15/h6-8,16H,4-5,9-10,15H2,1-3H3. The van der Waals surface area contributed by atoms with Crippen molar-refractivity contribution in [3.8, 4) is 5.75 Å². The van der Waals surface area contributed by atoms with Gasteiger partial charge in [0.15, 0.2) is 0 Å². The Morgan fingerprint density at radius 1 is 1.35 bits per heavy atom. The lowest BCUT2D eigenvalue weighted by atomic mass is 9.90. The molecule has 0 bridgehead atoms.